The van der Waals surface area contributed by atoms with Crippen LogP contribution in [0, 0.1) is 0 Å². The molecule has 0 aliphatic carbocycles. The minimum absolute atomic E-state index is 0.0888. The number of rotatable bonds is 5. The average molecular weight is 362 g/mol. The number of carbonyl (C=O) groups excluding carboxylic acids is 1. The highest BCUT2D eigenvalue weighted by Gasteiger charge is 2.19. The molecule has 3 aromatic rings. The molecule has 0 radical (unpaired) electrons. The maximum Gasteiger partial charge on any atom is 0.193 e. The maximum absolute atomic E-state index is 13.0. The third-order valence-corrected chi connectivity index (χ3v) is 6.30. The second kappa shape index (κ2) is 7.65. The summed E-state index contributed by atoms with van der Waals surface area (Å²) in [7, 11) is 0. The molecule has 0 saturated carbocycles. The molecule has 1 unspecified atom stereocenters. The topological polar surface area (TPSA) is 20.3 Å². The van der Waals surface area contributed by atoms with Crippen molar-refractivity contribution in [3.05, 3.63) is 77.9 Å². The van der Waals surface area contributed by atoms with Gasteiger partial charge in [0.2, 0.25) is 0 Å². The van der Waals surface area contributed by atoms with E-state index in [1.54, 1.807) is 0 Å². The summed E-state index contributed by atoms with van der Waals surface area (Å²) >= 11 is 1.87. The van der Waals surface area contributed by atoms with E-state index in [4.69, 9.17) is 0 Å². The Balaban J connectivity index is 1.53. The normalized spacial score (nSPS) is 16.0. The van der Waals surface area contributed by atoms with Gasteiger partial charge in [-0.05, 0) is 67.9 Å². The van der Waals surface area contributed by atoms with Crippen molar-refractivity contribution in [3.63, 3.8) is 0 Å². The third-order valence-electron chi connectivity index (χ3n) is 5.11. The van der Waals surface area contributed by atoms with E-state index in [0.29, 0.717) is 5.37 Å². The lowest BCUT2D eigenvalue weighted by atomic mass is 9.97. The summed E-state index contributed by atoms with van der Waals surface area (Å²) in [5.74, 6) is 0.0888. The Morgan fingerprint density at radius 3 is 2.38 bits per heavy atom. The smallest absolute Gasteiger partial charge is 0.193 e. The fourth-order valence-electron chi connectivity index (χ4n) is 3.64. The SMILES string of the molecule is CC(Sc1ccc(C(=O)c2cccc3ccccc23)cc1)N1CCCC1. The molecule has 26 heavy (non-hydrogen) atoms. The first-order valence-corrected chi connectivity index (χ1v) is 10.1. The highest BCUT2D eigenvalue weighted by atomic mass is 32.2. The van der Waals surface area contributed by atoms with Crippen LogP contribution in [0.5, 0.6) is 0 Å². The van der Waals surface area contributed by atoms with Crippen LogP contribution in [-0.4, -0.2) is 29.1 Å². The van der Waals surface area contributed by atoms with E-state index >= 15 is 0 Å². The minimum atomic E-state index is 0.0888. The summed E-state index contributed by atoms with van der Waals surface area (Å²) in [4.78, 5) is 16.7. The van der Waals surface area contributed by atoms with Gasteiger partial charge in [0, 0.05) is 16.0 Å². The van der Waals surface area contributed by atoms with Crippen molar-refractivity contribution in [2.75, 3.05) is 13.1 Å². The first kappa shape index (κ1) is 17.3. The molecule has 1 aliphatic rings. The van der Waals surface area contributed by atoms with Crippen molar-refractivity contribution in [2.24, 2.45) is 0 Å². The van der Waals surface area contributed by atoms with Crippen LogP contribution in [0.1, 0.15) is 35.7 Å². The quantitative estimate of drug-likeness (QED) is 0.435. The lowest BCUT2D eigenvalue weighted by Gasteiger charge is -2.23. The van der Waals surface area contributed by atoms with Crippen molar-refractivity contribution < 1.29 is 4.79 Å². The third kappa shape index (κ3) is 3.55. The van der Waals surface area contributed by atoms with Crippen LogP contribution in [0.2, 0.25) is 0 Å². The van der Waals surface area contributed by atoms with Gasteiger partial charge >= 0.3 is 0 Å². The molecule has 0 spiro atoms. The van der Waals surface area contributed by atoms with Crippen LogP contribution in [0.15, 0.2) is 71.6 Å². The molecule has 0 bridgehead atoms. The highest BCUT2D eigenvalue weighted by molar-refractivity contribution is 7.99. The fraction of sp³-hybridized carbons (Fsp3) is 0.261. The zero-order valence-corrected chi connectivity index (χ0v) is 15.8. The van der Waals surface area contributed by atoms with Crippen LogP contribution < -0.4 is 0 Å². The molecule has 1 aliphatic heterocycles. The number of thioether (sulfide) groups is 1. The average Bonchev–Trinajstić information content (AvgIpc) is 3.23. The van der Waals surface area contributed by atoms with Gasteiger partial charge in [-0.25, -0.2) is 0 Å². The number of nitrogens with zero attached hydrogens (tertiary/aromatic N) is 1. The first-order chi connectivity index (χ1) is 12.7. The predicted molar refractivity (Wildman–Crippen MR) is 110 cm³/mol. The summed E-state index contributed by atoms with van der Waals surface area (Å²) in [6.45, 7) is 4.67. The van der Waals surface area contributed by atoms with Gasteiger partial charge < -0.3 is 0 Å². The Hall–Kier alpha value is -2.10. The summed E-state index contributed by atoms with van der Waals surface area (Å²) < 4.78 is 0. The number of benzene rings is 3. The second-order valence-corrected chi connectivity index (χ2v) is 8.23. The van der Waals surface area contributed by atoms with Crippen molar-refractivity contribution in [2.45, 2.75) is 30.0 Å². The maximum atomic E-state index is 13.0. The zero-order valence-electron chi connectivity index (χ0n) is 15.0. The van der Waals surface area contributed by atoms with Gasteiger partial charge in [-0.2, -0.15) is 0 Å². The molecule has 0 amide bonds. The largest absolute Gasteiger partial charge is 0.291 e. The van der Waals surface area contributed by atoms with Crippen molar-refractivity contribution >= 4 is 28.3 Å². The molecule has 2 nitrogen and oxygen atoms in total. The van der Waals surface area contributed by atoms with E-state index in [-0.39, 0.29) is 5.78 Å². The number of hydrogen-bond donors (Lipinski definition) is 0. The van der Waals surface area contributed by atoms with E-state index in [1.165, 1.54) is 30.8 Å². The summed E-state index contributed by atoms with van der Waals surface area (Å²) in [6.07, 6.45) is 2.62. The van der Waals surface area contributed by atoms with Crippen LogP contribution >= 0.6 is 11.8 Å². The minimum Gasteiger partial charge on any atom is -0.291 e. The van der Waals surface area contributed by atoms with Crippen LogP contribution in [0.25, 0.3) is 10.8 Å². The fourth-order valence-corrected chi connectivity index (χ4v) is 4.69. The van der Waals surface area contributed by atoms with Crippen molar-refractivity contribution in [3.8, 4) is 0 Å². The molecule has 0 N–H and O–H groups in total. The lowest BCUT2D eigenvalue weighted by molar-refractivity contribution is 0.104. The summed E-state index contributed by atoms with van der Waals surface area (Å²) in [5, 5.41) is 2.60. The number of hydrogen-bond acceptors (Lipinski definition) is 3. The van der Waals surface area contributed by atoms with Crippen LogP contribution in [-0.2, 0) is 0 Å². The molecule has 1 fully saturated rings. The molecule has 3 aromatic carbocycles. The molecule has 4 rings (SSSR count). The van der Waals surface area contributed by atoms with Gasteiger partial charge in [-0.15, -0.1) is 11.8 Å². The molecule has 1 atom stereocenters. The molecule has 1 heterocycles. The van der Waals surface area contributed by atoms with E-state index in [9.17, 15) is 4.79 Å². The standard InChI is InChI=1S/C23H23NOS/c1-17(24-15-4-5-16-24)26-20-13-11-19(12-14-20)23(25)22-10-6-8-18-7-2-3-9-21(18)22/h2-3,6-14,17H,4-5,15-16H2,1H3. The van der Waals surface area contributed by atoms with Crippen LogP contribution in [0.3, 0.4) is 0 Å². The molecule has 3 heteroatoms. The Morgan fingerprint density at radius 1 is 0.923 bits per heavy atom. The Kier molecular flexibility index (Phi) is 5.09. The lowest BCUT2D eigenvalue weighted by Crippen LogP contribution is -2.27. The van der Waals surface area contributed by atoms with E-state index in [0.717, 1.165) is 21.9 Å². The van der Waals surface area contributed by atoms with Crippen molar-refractivity contribution in [1.29, 1.82) is 0 Å². The zero-order chi connectivity index (χ0) is 17.9. The summed E-state index contributed by atoms with van der Waals surface area (Å²) in [5.41, 5.74) is 1.52. The van der Waals surface area contributed by atoms with Gasteiger partial charge in [0.05, 0.1) is 5.37 Å². The van der Waals surface area contributed by atoms with Gasteiger partial charge in [0.15, 0.2) is 5.78 Å². The highest BCUT2D eigenvalue weighted by Crippen LogP contribution is 2.29. The second-order valence-electron chi connectivity index (χ2n) is 6.84. The number of fused-ring (bicyclic) bond motifs is 1. The van der Waals surface area contributed by atoms with Gasteiger partial charge in [0.1, 0.15) is 0 Å². The van der Waals surface area contributed by atoms with Gasteiger partial charge in [-0.3, -0.25) is 9.69 Å². The number of likely N-dealkylation sites (tertiary alicyclic amines) is 1. The Bertz CT molecular complexity index is 908. The Labute approximate surface area is 159 Å². The number of carbonyl (C=O) groups is 1. The molecule has 0 aromatic heterocycles. The van der Waals surface area contributed by atoms with E-state index < -0.39 is 0 Å². The summed E-state index contributed by atoms with van der Waals surface area (Å²) in [6, 6.07) is 22.1. The van der Waals surface area contributed by atoms with Gasteiger partial charge in [0.25, 0.3) is 0 Å². The number of ketones is 1. The van der Waals surface area contributed by atoms with Gasteiger partial charge in [-0.1, -0.05) is 42.5 Å². The first-order valence-electron chi connectivity index (χ1n) is 9.25. The van der Waals surface area contributed by atoms with Crippen LogP contribution in [0.4, 0.5) is 0 Å². The molecular formula is C23H23NOS. The van der Waals surface area contributed by atoms with E-state index in [1.807, 2.05) is 66.4 Å². The Morgan fingerprint density at radius 2 is 1.62 bits per heavy atom. The predicted octanol–water partition coefficient (Wildman–Crippen LogP) is 5.60. The van der Waals surface area contributed by atoms with E-state index in [2.05, 4.69) is 24.0 Å². The molecular weight excluding hydrogens is 338 g/mol. The molecule has 1 saturated heterocycles. The molecule has 132 valence electrons. The van der Waals surface area contributed by atoms with Crippen molar-refractivity contribution in [1.82, 2.24) is 4.90 Å². The monoisotopic (exact) mass is 361 g/mol.